The smallest absolute Gasteiger partial charge is 0.0481 e. The first-order valence-electron chi connectivity index (χ1n) is 7.13. The van der Waals surface area contributed by atoms with E-state index >= 15 is 0 Å². The van der Waals surface area contributed by atoms with Crippen molar-refractivity contribution in [3.63, 3.8) is 0 Å². The summed E-state index contributed by atoms with van der Waals surface area (Å²) in [6.07, 6.45) is 3.29. The fourth-order valence-electron chi connectivity index (χ4n) is 2.62. The number of rotatable bonds is 4. The van der Waals surface area contributed by atoms with E-state index in [4.69, 9.17) is 0 Å². The zero-order valence-corrected chi connectivity index (χ0v) is 12.1. The molecule has 0 aliphatic rings. The Kier molecular flexibility index (Phi) is 3.46. The van der Waals surface area contributed by atoms with E-state index in [1.54, 1.807) is 0 Å². The molecule has 0 bridgehead atoms. The van der Waals surface area contributed by atoms with E-state index in [1.165, 1.54) is 27.7 Å². The summed E-state index contributed by atoms with van der Waals surface area (Å²) < 4.78 is 2.19. The Morgan fingerprint density at radius 3 is 2.50 bits per heavy atom. The van der Waals surface area contributed by atoms with Crippen LogP contribution in [-0.2, 0) is 20.0 Å². The minimum absolute atomic E-state index is 0.854. The van der Waals surface area contributed by atoms with Gasteiger partial charge in [-0.1, -0.05) is 37.3 Å². The van der Waals surface area contributed by atoms with Gasteiger partial charge in [0.15, 0.2) is 0 Å². The van der Waals surface area contributed by atoms with Gasteiger partial charge in [-0.05, 0) is 35.7 Å². The first kappa shape index (κ1) is 12.8. The lowest BCUT2D eigenvalue weighted by atomic mass is 10.1. The molecule has 2 aromatic carbocycles. The maximum Gasteiger partial charge on any atom is 0.0481 e. The normalized spacial score (nSPS) is 10.9. The molecule has 2 heteroatoms. The molecule has 0 atom stereocenters. The number of para-hydroxylation sites is 1. The van der Waals surface area contributed by atoms with E-state index in [1.807, 2.05) is 0 Å². The number of hydrogen-bond acceptors (Lipinski definition) is 1. The lowest BCUT2D eigenvalue weighted by Crippen LogP contribution is -1.98. The van der Waals surface area contributed by atoms with Crippen molar-refractivity contribution >= 4 is 16.6 Å². The fraction of sp³-hybridized carbons (Fsp3) is 0.222. The van der Waals surface area contributed by atoms with Crippen LogP contribution in [0, 0.1) is 0 Å². The summed E-state index contributed by atoms with van der Waals surface area (Å²) in [5.41, 5.74) is 5.17. The highest BCUT2D eigenvalue weighted by molar-refractivity contribution is 5.84. The summed E-state index contributed by atoms with van der Waals surface area (Å²) in [6, 6.07) is 17.2. The van der Waals surface area contributed by atoms with Gasteiger partial charge < -0.3 is 9.88 Å². The highest BCUT2D eigenvalue weighted by atomic mass is 14.9. The predicted molar refractivity (Wildman–Crippen MR) is 86.1 cm³/mol. The minimum atomic E-state index is 0.854. The molecule has 2 nitrogen and oxygen atoms in total. The van der Waals surface area contributed by atoms with Gasteiger partial charge in [-0.15, -0.1) is 0 Å². The van der Waals surface area contributed by atoms with Gasteiger partial charge in [-0.25, -0.2) is 0 Å². The Bertz CT molecular complexity index is 708. The minimum Gasteiger partial charge on any atom is -0.381 e. The molecular formula is C18H20N2. The van der Waals surface area contributed by atoms with E-state index in [-0.39, 0.29) is 0 Å². The van der Waals surface area contributed by atoms with Gasteiger partial charge >= 0.3 is 0 Å². The van der Waals surface area contributed by atoms with E-state index in [0.29, 0.717) is 0 Å². The second-order valence-corrected chi connectivity index (χ2v) is 5.19. The van der Waals surface area contributed by atoms with Crippen molar-refractivity contribution in [2.24, 2.45) is 7.05 Å². The Labute approximate surface area is 120 Å². The largest absolute Gasteiger partial charge is 0.381 e. The molecule has 0 saturated carbocycles. The van der Waals surface area contributed by atoms with Gasteiger partial charge in [-0.2, -0.15) is 0 Å². The molecule has 0 fully saturated rings. The third kappa shape index (κ3) is 2.42. The number of benzene rings is 2. The first-order valence-corrected chi connectivity index (χ1v) is 7.13. The molecule has 0 amide bonds. The Balaban J connectivity index is 1.79. The standard InChI is InChI=1S/C18H20N2/c1-3-14-8-10-16(11-9-14)19-12-15-13-20(2)18-7-5-4-6-17(15)18/h4-11,13,19H,3,12H2,1-2H3. The summed E-state index contributed by atoms with van der Waals surface area (Å²) in [7, 11) is 2.10. The van der Waals surface area contributed by atoms with Crippen LogP contribution in [0.1, 0.15) is 18.1 Å². The molecular weight excluding hydrogens is 244 g/mol. The van der Waals surface area contributed by atoms with Crippen molar-refractivity contribution < 1.29 is 0 Å². The average Bonchev–Trinajstić information content (AvgIpc) is 2.83. The quantitative estimate of drug-likeness (QED) is 0.741. The zero-order valence-electron chi connectivity index (χ0n) is 12.1. The number of hydrogen-bond donors (Lipinski definition) is 1. The van der Waals surface area contributed by atoms with Gasteiger partial charge in [-0.3, -0.25) is 0 Å². The van der Waals surface area contributed by atoms with Crippen LogP contribution >= 0.6 is 0 Å². The van der Waals surface area contributed by atoms with E-state index in [2.05, 4.69) is 78.6 Å². The van der Waals surface area contributed by atoms with Crippen LogP contribution in [0.3, 0.4) is 0 Å². The molecule has 0 aliphatic heterocycles. The number of aromatic nitrogens is 1. The topological polar surface area (TPSA) is 17.0 Å². The monoisotopic (exact) mass is 264 g/mol. The Hall–Kier alpha value is -2.22. The maximum absolute atomic E-state index is 3.50. The number of nitrogens with one attached hydrogen (secondary N) is 1. The van der Waals surface area contributed by atoms with Crippen molar-refractivity contribution in [2.75, 3.05) is 5.32 Å². The molecule has 1 aromatic heterocycles. The lowest BCUT2D eigenvalue weighted by Gasteiger charge is -2.06. The second-order valence-electron chi connectivity index (χ2n) is 5.19. The van der Waals surface area contributed by atoms with Crippen LogP contribution in [0.5, 0.6) is 0 Å². The Morgan fingerprint density at radius 1 is 1.00 bits per heavy atom. The van der Waals surface area contributed by atoms with E-state index in [0.717, 1.165) is 13.0 Å². The lowest BCUT2D eigenvalue weighted by molar-refractivity contribution is 0.956. The molecule has 0 unspecified atom stereocenters. The van der Waals surface area contributed by atoms with Crippen molar-refractivity contribution in [1.29, 1.82) is 0 Å². The third-order valence-corrected chi connectivity index (χ3v) is 3.82. The summed E-state index contributed by atoms with van der Waals surface area (Å²) in [4.78, 5) is 0. The summed E-state index contributed by atoms with van der Waals surface area (Å²) in [6.45, 7) is 3.03. The van der Waals surface area contributed by atoms with Crippen LogP contribution in [0.15, 0.2) is 54.7 Å². The highest BCUT2D eigenvalue weighted by Crippen LogP contribution is 2.21. The highest BCUT2D eigenvalue weighted by Gasteiger charge is 2.05. The van der Waals surface area contributed by atoms with Crippen LogP contribution in [0.25, 0.3) is 10.9 Å². The van der Waals surface area contributed by atoms with Crippen molar-refractivity contribution in [3.05, 3.63) is 65.9 Å². The fourth-order valence-corrected chi connectivity index (χ4v) is 2.62. The number of nitrogens with zero attached hydrogens (tertiary/aromatic N) is 1. The van der Waals surface area contributed by atoms with Gasteiger partial charge in [0.1, 0.15) is 0 Å². The number of fused-ring (bicyclic) bond motifs is 1. The molecule has 3 aromatic rings. The Morgan fingerprint density at radius 2 is 1.75 bits per heavy atom. The first-order chi connectivity index (χ1) is 9.78. The molecule has 0 saturated heterocycles. The summed E-state index contributed by atoms with van der Waals surface area (Å²) in [5.74, 6) is 0. The molecule has 1 heterocycles. The molecule has 20 heavy (non-hydrogen) atoms. The van der Waals surface area contributed by atoms with Gasteiger partial charge in [0.2, 0.25) is 0 Å². The SMILES string of the molecule is CCc1ccc(NCc2cn(C)c3ccccc23)cc1. The van der Waals surface area contributed by atoms with Crippen molar-refractivity contribution in [1.82, 2.24) is 4.57 Å². The van der Waals surface area contributed by atoms with Crippen molar-refractivity contribution in [2.45, 2.75) is 19.9 Å². The molecule has 1 N–H and O–H groups in total. The molecule has 102 valence electrons. The second kappa shape index (κ2) is 5.41. The number of aryl methyl sites for hydroxylation is 2. The molecule has 0 radical (unpaired) electrons. The summed E-state index contributed by atoms with van der Waals surface area (Å²) in [5, 5.41) is 4.83. The third-order valence-electron chi connectivity index (χ3n) is 3.82. The average molecular weight is 264 g/mol. The van der Waals surface area contributed by atoms with Crippen LogP contribution in [0.2, 0.25) is 0 Å². The van der Waals surface area contributed by atoms with Crippen molar-refractivity contribution in [3.8, 4) is 0 Å². The van der Waals surface area contributed by atoms with Gasteiger partial charge in [0, 0.05) is 36.4 Å². The zero-order chi connectivity index (χ0) is 13.9. The van der Waals surface area contributed by atoms with Gasteiger partial charge in [0.05, 0.1) is 0 Å². The predicted octanol–water partition coefficient (Wildman–Crippen LogP) is 4.35. The summed E-state index contributed by atoms with van der Waals surface area (Å²) >= 11 is 0. The van der Waals surface area contributed by atoms with Crippen LogP contribution in [-0.4, -0.2) is 4.57 Å². The van der Waals surface area contributed by atoms with Crippen LogP contribution in [0.4, 0.5) is 5.69 Å². The van der Waals surface area contributed by atoms with E-state index in [9.17, 15) is 0 Å². The van der Waals surface area contributed by atoms with E-state index < -0.39 is 0 Å². The molecule has 0 spiro atoms. The molecule has 0 aliphatic carbocycles. The van der Waals surface area contributed by atoms with Crippen LogP contribution < -0.4 is 5.32 Å². The molecule has 3 rings (SSSR count). The number of anilines is 1. The van der Waals surface area contributed by atoms with Gasteiger partial charge in [0.25, 0.3) is 0 Å². The maximum atomic E-state index is 3.50.